The van der Waals surface area contributed by atoms with Crippen molar-refractivity contribution < 1.29 is 19.4 Å². The van der Waals surface area contributed by atoms with Crippen LogP contribution in [0.25, 0.3) is 0 Å². The molecule has 7 heteroatoms. The number of hydrogen-bond acceptors (Lipinski definition) is 5. The van der Waals surface area contributed by atoms with Crippen molar-refractivity contribution in [2.75, 3.05) is 0 Å². The molecule has 0 bridgehead atoms. The van der Waals surface area contributed by atoms with Crippen LogP contribution < -0.4 is 5.32 Å². The number of nitrogens with one attached hydrogen (secondary N) is 1. The maximum absolute atomic E-state index is 12.1. The summed E-state index contributed by atoms with van der Waals surface area (Å²) in [7, 11) is 0. The minimum Gasteiger partial charge on any atom is -0.476 e. The highest BCUT2D eigenvalue weighted by atomic mass is 32.1. The number of rotatable bonds is 5. The average molecular weight is 348 g/mol. The lowest BCUT2D eigenvalue weighted by atomic mass is 10.1. The number of carbonyl (C=O) groups excluding carboxylic acids is 1. The summed E-state index contributed by atoms with van der Waals surface area (Å²) in [5.41, 5.74) is 0.362. The Morgan fingerprint density at radius 3 is 2.50 bits per heavy atom. The van der Waals surface area contributed by atoms with Crippen molar-refractivity contribution >= 4 is 23.4 Å². The Labute approximate surface area is 144 Å². The number of carbonyl (C=O) groups is 2. The number of alkyl carbamates (subject to hydrolysis) is 1. The zero-order chi connectivity index (χ0) is 17.7. The first-order chi connectivity index (χ1) is 11.2. The maximum Gasteiger partial charge on any atom is 0.408 e. The third-order valence-corrected chi connectivity index (χ3v) is 3.97. The summed E-state index contributed by atoms with van der Waals surface area (Å²) in [6.45, 7) is 5.35. The molecular weight excluding hydrogens is 328 g/mol. The van der Waals surface area contributed by atoms with Gasteiger partial charge < -0.3 is 15.2 Å². The van der Waals surface area contributed by atoms with E-state index in [4.69, 9.17) is 9.84 Å². The first-order valence-corrected chi connectivity index (χ1v) is 8.35. The van der Waals surface area contributed by atoms with Gasteiger partial charge in [-0.25, -0.2) is 14.6 Å². The minimum atomic E-state index is -1.09. The van der Waals surface area contributed by atoms with Crippen LogP contribution >= 0.6 is 11.3 Å². The topological polar surface area (TPSA) is 88.5 Å². The molecule has 1 aromatic heterocycles. The summed E-state index contributed by atoms with van der Waals surface area (Å²) in [6.07, 6.45) is -0.0670. The van der Waals surface area contributed by atoms with Crippen LogP contribution in [0.1, 0.15) is 47.9 Å². The molecule has 0 spiro atoms. The Kier molecular flexibility index (Phi) is 5.56. The predicted octanol–water partition coefficient (Wildman–Crippen LogP) is 3.65. The van der Waals surface area contributed by atoms with E-state index in [0.29, 0.717) is 11.4 Å². The third-order valence-electron chi connectivity index (χ3n) is 3.01. The molecule has 1 amide bonds. The fourth-order valence-electron chi connectivity index (χ4n) is 2.05. The van der Waals surface area contributed by atoms with Gasteiger partial charge in [0.15, 0.2) is 5.69 Å². The molecule has 0 unspecified atom stereocenters. The van der Waals surface area contributed by atoms with Crippen LogP contribution in [-0.2, 0) is 11.2 Å². The molecule has 0 fully saturated rings. The highest BCUT2D eigenvalue weighted by molar-refractivity contribution is 7.09. The van der Waals surface area contributed by atoms with Crippen LogP contribution in [0.2, 0.25) is 0 Å². The highest BCUT2D eigenvalue weighted by Crippen LogP contribution is 2.23. The summed E-state index contributed by atoms with van der Waals surface area (Å²) >= 11 is 1.20. The molecule has 0 aliphatic rings. The molecule has 1 heterocycles. The van der Waals surface area contributed by atoms with Gasteiger partial charge in [0.2, 0.25) is 0 Å². The van der Waals surface area contributed by atoms with Crippen molar-refractivity contribution in [2.45, 2.75) is 38.8 Å². The van der Waals surface area contributed by atoms with Crippen LogP contribution in [0.15, 0.2) is 35.7 Å². The number of nitrogens with zero attached hydrogens (tertiary/aromatic N) is 1. The summed E-state index contributed by atoms with van der Waals surface area (Å²) in [4.78, 5) is 27.2. The second-order valence-electron chi connectivity index (χ2n) is 6.26. The summed E-state index contributed by atoms with van der Waals surface area (Å²) in [5.74, 6) is -1.09. The molecule has 2 rings (SSSR count). The van der Waals surface area contributed by atoms with Crippen LogP contribution in [-0.4, -0.2) is 27.8 Å². The average Bonchev–Trinajstić information content (AvgIpc) is 2.95. The van der Waals surface area contributed by atoms with Gasteiger partial charge in [0.25, 0.3) is 0 Å². The Morgan fingerprint density at radius 2 is 1.96 bits per heavy atom. The lowest BCUT2D eigenvalue weighted by Gasteiger charge is -2.23. The molecule has 6 nitrogen and oxygen atoms in total. The standard InChI is InChI=1S/C17H20N2O4S/c1-17(2,3)23-16(22)19-12(9-11-7-5-4-6-8-11)14-18-13(10-24-14)15(20)21/h4-8,10,12H,9H2,1-3H3,(H,19,22)(H,20,21)/t12-/m1/s1. The van der Waals surface area contributed by atoms with Crippen molar-refractivity contribution in [3.63, 3.8) is 0 Å². The lowest BCUT2D eigenvalue weighted by Crippen LogP contribution is -2.35. The third kappa shape index (κ3) is 5.34. The summed E-state index contributed by atoms with van der Waals surface area (Å²) < 4.78 is 5.29. The van der Waals surface area contributed by atoms with E-state index in [9.17, 15) is 9.59 Å². The first-order valence-electron chi connectivity index (χ1n) is 7.47. The maximum atomic E-state index is 12.1. The van der Waals surface area contributed by atoms with Gasteiger partial charge in [-0.1, -0.05) is 30.3 Å². The second kappa shape index (κ2) is 7.44. The largest absolute Gasteiger partial charge is 0.476 e. The second-order valence-corrected chi connectivity index (χ2v) is 7.15. The van der Waals surface area contributed by atoms with E-state index in [1.165, 1.54) is 16.7 Å². The molecule has 1 aromatic carbocycles. The number of thiazole rings is 1. The number of amides is 1. The quantitative estimate of drug-likeness (QED) is 0.861. The zero-order valence-corrected chi connectivity index (χ0v) is 14.6. The van der Waals surface area contributed by atoms with E-state index in [-0.39, 0.29) is 5.69 Å². The Hall–Kier alpha value is -2.41. The Morgan fingerprint density at radius 1 is 1.29 bits per heavy atom. The molecule has 128 valence electrons. The molecule has 0 saturated carbocycles. The van der Waals surface area contributed by atoms with Crippen LogP contribution in [0.3, 0.4) is 0 Å². The van der Waals surface area contributed by atoms with E-state index < -0.39 is 23.7 Å². The Balaban J connectivity index is 2.20. The smallest absolute Gasteiger partial charge is 0.408 e. The van der Waals surface area contributed by atoms with Crippen molar-refractivity contribution in [3.05, 3.63) is 52.0 Å². The number of aromatic carboxylic acids is 1. The SMILES string of the molecule is CC(C)(C)OC(=O)N[C@H](Cc1ccccc1)c1nc(C(=O)O)cs1. The van der Waals surface area contributed by atoms with E-state index in [2.05, 4.69) is 10.3 Å². The van der Waals surface area contributed by atoms with Crippen molar-refractivity contribution in [3.8, 4) is 0 Å². The van der Waals surface area contributed by atoms with Crippen LogP contribution in [0, 0.1) is 0 Å². The molecule has 2 aromatic rings. The number of hydrogen-bond donors (Lipinski definition) is 2. The van der Waals surface area contributed by atoms with E-state index in [1.807, 2.05) is 30.3 Å². The lowest BCUT2D eigenvalue weighted by molar-refractivity contribution is 0.0503. The van der Waals surface area contributed by atoms with E-state index in [0.717, 1.165) is 5.56 Å². The van der Waals surface area contributed by atoms with Crippen LogP contribution in [0.5, 0.6) is 0 Å². The van der Waals surface area contributed by atoms with Gasteiger partial charge in [0.1, 0.15) is 10.6 Å². The number of carboxylic acid groups (broad SMARTS) is 1. The molecule has 1 atom stereocenters. The number of ether oxygens (including phenoxy) is 1. The molecule has 24 heavy (non-hydrogen) atoms. The predicted molar refractivity (Wildman–Crippen MR) is 91.3 cm³/mol. The number of carboxylic acids is 1. The van der Waals surface area contributed by atoms with Gasteiger partial charge in [-0.15, -0.1) is 11.3 Å². The number of aromatic nitrogens is 1. The molecule has 0 aliphatic heterocycles. The number of benzene rings is 1. The van der Waals surface area contributed by atoms with Gasteiger partial charge in [0, 0.05) is 5.38 Å². The van der Waals surface area contributed by atoms with Gasteiger partial charge in [-0.3, -0.25) is 0 Å². The van der Waals surface area contributed by atoms with Crippen molar-refractivity contribution in [1.82, 2.24) is 10.3 Å². The van der Waals surface area contributed by atoms with E-state index >= 15 is 0 Å². The monoisotopic (exact) mass is 348 g/mol. The molecule has 0 aliphatic carbocycles. The molecule has 2 N–H and O–H groups in total. The molecular formula is C17H20N2O4S. The zero-order valence-electron chi connectivity index (χ0n) is 13.8. The summed E-state index contributed by atoms with van der Waals surface area (Å²) in [5, 5.41) is 13.8. The fourth-order valence-corrected chi connectivity index (χ4v) is 2.89. The van der Waals surface area contributed by atoms with Crippen LogP contribution in [0.4, 0.5) is 4.79 Å². The molecule has 0 radical (unpaired) electrons. The van der Waals surface area contributed by atoms with E-state index in [1.54, 1.807) is 20.8 Å². The molecule has 0 saturated heterocycles. The highest BCUT2D eigenvalue weighted by Gasteiger charge is 2.23. The van der Waals surface area contributed by atoms with Gasteiger partial charge in [0.05, 0.1) is 6.04 Å². The minimum absolute atomic E-state index is 0.0287. The fraction of sp³-hybridized carbons (Fsp3) is 0.353. The van der Waals surface area contributed by atoms with Crippen molar-refractivity contribution in [2.24, 2.45) is 0 Å². The first kappa shape index (κ1) is 17.9. The van der Waals surface area contributed by atoms with Crippen molar-refractivity contribution in [1.29, 1.82) is 0 Å². The van der Waals surface area contributed by atoms with Gasteiger partial charge in [-0.05, 0) is 32.8 Å². The Bertz CT molecular complexity index is 707. The normalized spacial score (nSPS) is 12.5. The summed E-state index contributed by atoms with van der Waals surface area (Å²) in [6, 6.07) is 9.14. The van der Waals surface area contributed by atoms with Gasteiger partial charge >= 0.3 is 12.1 Å². The van der Waals surface area contributed by atoms with Gasteiger partial charge in [-0.2, -0.15) is 0 Å².